The number of fused-ring (bicyclic) bond motifs is 1. The molecule has 2 rings (SSSR count). The summed E-state index contributed by atoms with van der Waals surface area (Å²) in [5.74, 6) is 0.888. The Bertz CT molecular complexity index is 259. The molecule has 1 aromatic carbocycles. The monoisotopic (exact) mass is 135 g/mol. The Kier molecular flexibility index (Phi) is 1.11. The van der Waals surface area contributed by atoms with Gasteiger partial charge in [-0.05, 0) is 24.5 Å². The minimum absolute atomic E-state index is 0.357. The SMILES string of the molecule is [2H]C1CCc2ccccc2O1. The number of benzene rings is 1. The molecule has 0 aromatic heterocycles. The number of hydrogen-bond donors (Lipinski definition) is 0. The summed E-state index contributed by atoms with van der Waals surface area (Å²) in [5, 5.41) is 0. The van der Waals surface area contributed by atoms with Crippen LogP contribution in [0.15, 0.2) is 24.3 Å². The lowest BCUT2D eigenvalue weighted by atomic mass is 10.1. The van der Waals surface area contributed by atoms with E-state index in [9.17, 15) is 0 Å². The molecule has 1 nitrogen and oxygen atoms in total. The van der Waals surface area contributed by atoms with E-state index in [1.807, 2.05) is 18.2 Å². The Morgan fingerprint density at radius 2 is 2.30 bits per heavy atom. The van der Waals surface area contributed by atoms with E-state index in [-0.39, 0.29) is 6.58 Å². The molecule has 10 heavy (non-hydrogen) atoms. The largest absolute Gasteiger partial charge is 0.493 e. The second kappa shape index (κ2) is 2.33. The van der Waals surface area contributed by atoms with Crippen molar-refractivity contribution in [1.29, 1.82) is 0 Å². The van der Waals surface area contributed by atoms with E-state index in [0.717, 1.165) is 18.6 Å². The molecule has 0 amide bonds. The van der Waals surface area contributed by atoms with Gasteiger partial charge in [0.1, 0.15) is 5.75 Å². The highest BCUT2D eigenvalue weighted by Gasteiger charge is 2.06. The third kappa shape index (κ3) is 0.878. The van der Waals surface area contributed by atoms with Gasteiger partial charge in [-0.25, -0.2) is 0 Å². The lowest BCUT2D eigenvalue weighted by Crippen LogP contribution is -2.07. The van der Waals surface area contributed by atoms with Crippen LogP contribution < -0.4 is 4.74 Å². The molecule has 1 aromatic rings. The zero-order valence-electron chi connectivity index (χ0n) is 6.71. The van der Waals surface area contributed by atoms with Crippen molar-refractivity contribution in [2.45, 2.75) is 12.8 Å². The quantitative estimate of drug-likeness (QED) is 0.528. The summed E-state index contributed by atoms with van der Waals surface area (Å²) in [7, 11) is 0. The van der Waals surface area contributed by atoms with Crippen molar-refractivity contribution in [1.82, 2.24) is 0 Å². The molecule has 1 unspecified atom stereocenters. The van der Waals surface area contributed by atoms with Gasteiger partial charge in [0.25, 0.3) is 0 Å². The van der Waals surface area contributed by atoms with Gasteiger partial charge in [0.05, 0.1) is 7.95 Å². The van der Waals surface area contributed by atoms with Crippen LogP contribution in [0.2, 0.25) is 0 Å². The van der Waals surface area contributed by atoms with Crippen molar-refractivity contribution in [3.05, 3.63) is 29.8 Å². The minimum atomic E-state index is -0.357. The molecule has 1 atom stereocenters. The molecule has 0 saturated carbocycles. The lowest BCUT2D eigenvalue weighted by Gasteiger charge is -2.15. The van der Waals surface area contributed by atoms with Crippen LogP contribution in [0.1, 0.15) is 13.4 Å². The number of rotatable bonds is 0. The molecule has 0 N–H and O–H groups in total. The summed E-state index contributed by atoms with van der Waals surface area (Å²) in [6.45, 7) is -0.357. The highest BCUT2D eigenvalue weighted by Crippen LogP contribution is 2.22. The van der Waals surface area contributed by atoms with E-state index in [4.69, 9.17) is 6.11 Å². The first-order chi connectivity index (χ1) is 5.36. The molecule has 1 aliphatic heterocycles. The molecular weight excluding hydrogens is 124 g/mol. The van der Waals surface area contributed by atoms with E-state index in [2.05, 4.69) is 6.07 Å². The Morgan fingerprint density at radius 1 is 1.40 bits per heavy atom. The highest BCUT2D eigenvalue weighted by molar-refractivity contribution is 5.34. The summed E-state index contributed by atoms with van der Waals surface area (Å²) in [6, 6.07) is 7.93. The average Bonchev–Trinajstić information content (AvgIpc) is 2.04. The van der Waals surface area contributed by atoms with E-state index >= 15 is 0 Å². The molecule has 0 bridgehead atoms. The Balaban J connectivity index is 2.34. The average molecular weight is 135 g/mol. The molecule has 1 heterocycles. The van der Waals surface area contributed by atoms with Gasteiger partial charge in [0.2, 0.25) is 0 Å². The topological polar surface area (TPSA) is 9.23 Å². The van der Waals surface area contributed by atoms with E-state index in [1.54, 1.807) is 0 Å². The lowest BCUT2D eigenvalue weighted by molar-refractivity contribution is 0.288. The normalized spacial score (nSPS) is 24.4. The summed E-state index contributed by atoms with van der Waals surface area (Å²) >= 11 is 0. The van der Waals surface area contributed by atoms with Crippen LogP contribution in [-0.2, 0) is 6.42 Å². The van der Waals surface area contributed by atoms with E-state index in [1.165, 1.54) is 5.56 Å². The van der Waals surface area contributed by atoms with Crippen LogP contribution in [0.4, 0.5) is 0 Å². The maximum absolute atomic E-state index is 7.38. The van der Waals surface area contributed by atoms with Crippen molar-refractivity contribution in [3.63, 3.8) is 0 Å². The first-order valence-electron chi connectivity index (χ1n) is 4.11. The molecule has 52 valence electrons. The number of hydrogen-bond acceptors (Lipinski definition) is 1. The second-order valence-corrected chi connectivity index (χ2v) is 2.43. The van der Waals surface area contributed by atoms with Crippen LogP contribution in [0.5, 0.6) is 5.75 Å². The van der Waals surface area contributed by atoms with Crippen molar-refractivity contribution in [3.8, 4) is 5.75 Å². The number of aryl methyl sites for hydroxylation is 1. The van der Waals surface area contributed by atoms with Crippen LogP contribution >= 0.6 is 0 Å². The van der Waals surface area contributed by atoms with Gasteiger partial charge in [0.15, 0.2) is 0 Å². The van der Waals surface area contributed by atoms with Gasteiger partial charge in [-0.3, -0.25) is 0 Å². The fourth-order valence-electron chi connectivity index (χ4n) is 1.19. The van der Waals surface area contributed by atoms with Gasteiger partial charge >= 0.3 is 0 Å². The predicted molar refractivity (Wildman–Crippen MR) is 40.3 cm³/mol. The zero-order chi connectivity index (χ0) is 7.68. The summed E-state index contributed by atoms with van der Waals surface area (Å²) in [5.41, 5.74) is 1.23. The van der Waals surface area contributed by atoms with Crippen molar-refractivity contribution in [2.75, 3.05) is 6.58 Å². The summed E-state index contributed by atoms with van der Waals surface area (Å²) in [4.78, 5) is 0. The van der Waals surface area contributed by atoms with Gasteiger partial charge in [0, 0.05) is 0 Å². The predicted octanol–water partition coefficient (Wildman–Crippen LogP) is 2.01. The van der Waals surface area contributed by atoms with Crippen LogP contribution in [0, 0.1) is 0 Å². The maximum Gasteiger partial charge on any atom is 0.122 e. The zero-order valence-corrected chi connectivity index (χ0v) is 5.71. The van der Waals surface area contributed by atoms with Crippen molar-refractivity contribution < 1.29 is 6.11 Å². The Hall–Kier alpha value is -0.980. The van der Waals surface area contributed by atoms with Crippen molar-refractivity contribution in [2.24, 2.45) is 0 Å². The van der Waals surface area contributed by atoms with Crippen LogP contribution in [-0.4, -0.2) is 6.58 Å². The smallest absolute Gasteiger partial charge is 0.122 e. The molecule has 0 aliphatic carbocycles. The van der Waals surface area contributed by atoms with Gasteiger partial charge in [-0.15, -0.1) is 0 Å². The third-order valence-electron chi connectivity index (χ3n) is 1.71. The highest BCUT2D eigenvalue weighted by atomic mass is 16.5. The van der Waals surface area contributed by atoms with Gasteiger partial charge in [-0.1, -0.05) is 18.2 Å². The maximum atomic E-state index is 7.38. The first kappa shape index (κ1) is 4.78. The van der Waals surface area contributed by atoms with Gasteiger partial charge < -0.3 is 4.74 Å². The fourth-order valence-corrected chi connectivity index (χ4v) is 1.19. The molecule has 0 fully saturated rings. The van der Waals surface area contributed by atoms with E-state index in [0.29, 0.717) is 0 Å². The molecular formula is C9H10O. The van der Waals surface area contributed by atoms with Crippen LogP contribution in [0.3, 0.4) is 0 Å². The molecule has 0 saturated heterocycles. The second-order valence-electron chi connectivity index (χ2n) is 2.43. The summed E-state index contributed by atoms with van der Waals surface area (Å²) < 4.78 is 12.7. The van der Waals surface area contributed by atoms with Crippen molar-refractivity contribution >= 4 is 0 Å². The number of ether oxygens (including phenoxy) is 1. The molecule has 1 heteroatoms. The van der Waals surface area contributed by atoms with Crippen LogP contribution in [0.25, 0.3) is 0 Å². The molecule has 0 spiro atoms. The van der Waals surface area contributed by atoms with E-state index < -0.39 is 0 Å². The standard InChI is InChI=1S/C9H10O/c1-2-6-9-8(4-1)5-3-7-10-9/h1-2,4,6H,3,5,7H2/i7D. The molecule has 0 radical (unpaired) electrons. The molecule has 1 aliphatic rings. The minimum Gasteiger partial charge on any atom is -0.493 e. The number of para-hydroxylation sites is 1. The Labute approximate surface area is 62.0 Å². The van der Waals surface area contributed by atoms with Gasteiger partial charge in [-0.2, -0.15) is 0 Å². The first-order valence-corrected chi connectivity index (χ1v) is 3.53. The third-order valence-corrected chi connectivity index (χ3v) is 1.71. The summed E-state index contributed by atoms with van der Waals surface area (Å²) in [6.07, 6.45) is 1.79. The Morgan fingerprint density at radius 3 is 3.30 bits per heavy atom. The fraction of sp³-hybridized carbons (Fsp3) is 0.333.